The van der Waals surface area contributed by atoms with Crippen LogP contribution in [0.4, 0.5) is 0 Å². The van der Waals surface area contributed by atoms with E-state index in [-0.39, 0.29) is 5.91 Å². The molecule has 0 fully saturated rings. The summed E-state index contributed by atoms with van der Waals surface area (Å²) in [6, 6.07) is 19.4. The Kier molecular flexibility index (Phi) is 5.75. The molecule has 2 aromatic heterocycles. The number of aromatic nitrogens is 3. The molecule has 1 N–H and O–H groups in total. The van der Waals surface area contributed by atoms with Gasteiger partial charge in [0.25, 0.3) is 5.91 Å². The molecule has 4 rings (SSSR count). The summed E-state index contributed by atoms with van der Waals surface area (Å²) in [5.41, 5.74) is 4.54. The highest BCUT2D eigenvalue weighted by Crippen LogP contribution is 2.23. The molecule has 30 heavy (non-hydrogen) atoms. The van der Waals surface area contributed by atoms with Crippen LogP contribution in [0.15, 0.2) is 66.9 Å². The molecule has 0 aliphatic rings. The number of pyridine rings is 1. The predicted octanol–water partition coefficient (Wildman–Crippen LogP) is 4.06. The summed E-state index contributed by atoms with van der Waals surface area (Å²) in [5.74, 6) is 1.48. The number of fused-ring (bicyclic) bond motifs is 1. The average Bonchev–Trinajstić information content (AvgIpc) is 3.12. The Bertz CT molecular complexity index is 1150. The number of carbonyl (C=O) groups is 1. The number of hydrogen-bond donors (Lipinski definition) is 1. The number of para-hydroxylation sites is 3. The van der Waals surface area contributed by atoms with Crippen LogP contribution in [0.2, 0.25) is 0 Å². The summed E-state index contributed by atoms with van der Waals surface area (Å²) in [6.45, 7) is 5.55. The van der Waals surface area contributed by atoms with Gasteiger partial charge in [-0.25, -0.2) is 4.98 Å². The van der Waals surface area contributed by atoms with Gasteiger partial charge in [-0.05, 0) is 49.2 Å². The molecular formula is C24H24N4O2. The standard InChI is InChI=1S/C24H24N4O2/c1-17-8-7-9-18(2)23(17)30-15-14-28-21-12-4-3-10-19(21)27-22(28)16-26-24(29)20-11-5-6-13-25-20/h3-13H,14-16H2,1-2H3,(H,26,29). The molecule has 0 bridgehead atoms. The number of nitrogens with one attached hydrogen (secondary N) is 1. The summed E-state index contributed by atoms with van der Waals surface area (Å²) >= 11 is 0. The first-order valence-corrected chi connectivity index (χ1v) is 9.96. The van der Waals surface area contributed by atoms with E-state index in [1.165, 1.54) is 0 Å². The third-order valence-electron chi connectivity index (χ3n) is 5.01. The predicted molar refractivity (Wildman–Crippen MR) is 117 cm³/mol. The fourth-order valence-electron chi connectivity index (χ4n) is 3.52. The molecule has 4 aromatic rings. The fourth-order valence-corrected chi connectivity index (χ4v) is 3.52. The van der Waals surface area contributed by atoms with Crippen LogP contribution in [0.1, 0.15) is 27.4 Å². The topological polar surface area (TPSA) is 69.0 Å². The Morgan fingerprint density at radius 1 is 1.00 bits per heavy atom. The molecule has 1 amide bonds. The molecule has 152 valence electrons. The SMILES string of the molecule is Cc1cccc(C)c1OCCn1c(CNC(=O)c2ccccn2)nc2ccccc21. The lowest BCUT2D eigenvalue weighted by molar-refractivity contribution is 0.0944. The van der Waals surface area contributed by atoms with Crippen molar-refractivity contribution in [2.75, 3.05) is 6.61 Å². The Labute approximate surface area is 175 Å². The molecule has 0 radical (unpaired) electrons. The van der Waals surface area contributed by atoms with Gasteiger partial charge in [-0.2, -0.15) is 0 Å². The first-order valence-electron chi connectivity index (χ1n) is 9.96. The molecule has 2 aromatic carbocycles. The van der Waals surface area contributed by atoms with Crippen LogP contribution in [0.25, 0.3) is 11.0 Å². The monoisotopic (exact) mass is 400 g/mol. The molecule has 6 nitrogen and oxygen atoms in total. The van der Waals surface area contributed by atoms with Gasteiger partial charge >= 0.3 is 0 Å². The van der Waals surface area contributed by atoms with Crippen molar-refractivity contribution in [1.29, 1.82) is 0 Å². The molecule has 0 saturated heterocycles. The minimum atomic E-state index is -0.221. The van der Waals surface area contributed by atoms with Crippen LogP contribution in [0.5, 0.6) is 5.75 Å². The van der Waals surface area contributed by atoms with Crippen molar-refractivity contribution in [3.63, 3.8) is 0 Å². The van der Waals surface area contributed by atoms with Gasteiger partial charge in [-0.1, -0.05) is 36.4 Å². The first-order chi connectivity index (χ1) is 14.6. The molecule has 0 saturated carbocycles. The van der Waals surface area contributed by atoms with Gasteiger partial charge in [0.1, 0.15) is 23.9 Å². The van der Waals surface area contributed by atoms with Crippen molar-refractivity contribution in [2.24, 2.45) is 0 Å². The van der Waals surface area contributed by atoms with Crippen molar-refractivity contribution >= 4 is 16.9 Å². The van der Waals surface area contributed by atoms with E-state index >= 15 is 0 Å². The highest BCUT2D eigenvalue weighted by Gasteiger charge is 2.13. The third kappa shape index (κ3) is 4.17. The number of aryl methyl sites for hydroxylation is 2. The maximum Gasteiger partial charge on any atom is 0.270 e. The lowest BCUT2D eigenvalue weighted by Gasteiger charge is -2.14. The van der Waals surface area contributed by atoms with Crippen molar-refractivity contribution in [2.45, 2.75) is 26.9 Å². The Balaban J connectivity index is 1.51. The van der Waals surface area contributed by atoms with Gasteiger partial charge < -0.3 is 14.6 Å². The summed E-state index contributed by atoms with van der Waals surface area (Å²) in [5, 5.41) is 2.92. The van der Waals surface area contributed by atoms with E-state index in [1.54, 1.807) is 24.4 Å². The number of hydrogen-bond acceptors (Lipinski definition) is 4. The van der Waals surface area contributed by atoms with E-state index in [4.69, 9.17) is 9.72 Å². The second kappa shape index (κ2) is 8.78. The smallest absolute Gasteiger partial charge is 0.270 e. The average molecular weight is 400 g/mol. The van der Waals surface area contributed by atoms with Gasteiger partial charge in [0, 0.05) is 6.20 Å². The summed E-state index contributed by atoms with van der Waals surface area (Å²) < 4.78 is 8.19. The zero-order valence-electron chi connectivity index (χ0n) is 17.1. The van der Waals surface area contributed by atoms with Crippen LogP contribution in [0.3, 0.4) is 0 Å². The van der Waals surface area contributed by atoms with E-state index in [2.05, 4.69) is 14.9 Å². The zero-order chi connectivity index (χ0) is 20.9. The number of benzene rings is 2. The van der Waals surface area contributed by atoms with Gasteiger partial charge in [-0.15, -0.1) is 0 Å². The molecule has 0 spiro atoms. The normalized spacial score (nSPS) is 10.9. The van der Waals surface area contributed by atoms with E-state index in [0.29, 0.717) is 25.4 Å². The van der Waals surface area contributed by atoms with Gasteiger partial charge in [0.2, 0.25) is 0 Å². The summed E-state index contributed by atoms with van der Waals surface area (Å²) in [4.78, 5) is 21.2. The van der Waals surface area contributed by atoms with Crippen molar-refractivity contribution in [3.8, 4) is 5.75 Å². The van der Waals surface area contributed by atoms with Crippen LogP contribution in [0, 0.1) is 13.8 Å². The first kappa shape index (κ1) is 19.6. The number of ether oxygens (including phenoxy) is 1. The maximum absolute atomic E-state index is 12.4. The van der Waals surface area contributed by atoms with E-state index < -0.39 is 0 Å². The zero-order valence-corrected chi connectivity index (χ0v) is 17.1. The van der Waals surface area contributed by atoms with Crippen molar-refractivity contribution in [3.05, 3.63) is 89.5 Å². The van der Waals surface area contributed by atoms with E-state index in [0.717, 1.165) is 33.7 Å². The van der Waals surface area contributed by atoms with Crippen LogP contribution < -0.4 is 10.1 Å². The maximum atomic E-state index is 12.4. The number of carbonyl (C=O) groups excluding carboxylic acids is 1. The molecular weight excluding hydrogens is 376 g/mol. The van der Waals surface area contributed by atoms with Crippen molar-refractivity contribution < 1.29 is 9.53 Å². The quantitative estimate of drug-likeness (QED) is 0.508. The van der Waals surface area contributed by atoms with Gasteiger partial charge in [0.05, 0.1) is 24.1 Å². The lowest BCUT2D eigenvalue weighted by atomic mass is 10.1. The molecule has 0 atom stereocenters. The minimum absolute atomic E-state index is 0.221. The molecule has 0 aliphatic carbocycles. The summed E-state index contributed by atoms with van der Waals surface area (Å²) in [7, 11) is 0. The molecule has 6 heteroatoms. The number of imidazole rings is 1. The van der Waals surface area contributed by atoms with E-state index in [1.807, 2.05) is 56.3 Å². The molecule has 2 heterocycles. The molecule has 0 unspecified atom stereocenters. The highest BCUT2D eigenvalue weighted by molar-refractivity contribution is 5.92. The largest absolute Gasteiger partial charge is 0.491 e. The van der Waals surface area contributed by atoms with Gasteiger partial charge in [-0.3, -0.25) is 9.78 Å². The van der Waals surface area contributed by atoms with Gasteiger partial charge in [0.15, 0.2) is 0 Å². The second-order valence-electron chi connectivity index (χ2n) is 7.14. The van der Waals surface area contributed by atoms with Crippen LogP contribution >= 0.6 is 0 Å². The third-order valence-corrected chi connectivity index (χ3v) is 5.01. The Morgan fingerprint density at radius 2 is 1.77 bits per heavy atom. The highest BCUT2D eigenvalue weighted by atomic mass is 16.5. The Hall–Kier alpha value is -3.67. The van der Waals surface area contributed by atoms with Crippen molar-refractivity contribution in [1.82, 2.24) is 19.9 Å². The second-order valence-corrected chi connectivity index (χ2v) is 7.14. The van der Waals surface area contributed by atoms with E-state index in [9.17, 15) is 4.79 Å². The Morgan fingerprint density at radius 3 is 2.53 bits per heavy atom. The van der Waals surface area contributed by atoms with Crippen LogP contribution in [-0.4, -0.2) is 27.0 Å². The fraction of sp³-hybridized carbons (Fsp3) is 0.208. The van der Waals surface area contributed by atoms with Crippen LogP contribution in [-0.2, 0) is 13.1 Å². The number of amides is 1. The number of nitrogens with zero attached hydrogens (tertiary/aromatic N) is 3. The molecule has 0 aliphatic heterocycles. The minimum Gasteiger partial charge on any atom is -0.491 e. The summed E-state index contributed by atoms with van der Waals surface area (Å²) in [6.07, 6.45) is 1.61. The number of rotatable bonds is 7. The lowest BCUT2D eigenvalue weighted by Crippen LogP contribution is -2.26.